The van der Waals surface area contributed by atoms with Crippen LogP contribution in [0.25, 0.3) is 22.4 Å². The Hall–Kier alpha value is -3.42. The lowest BCUT2D eigenvalue weighted by molar-refractivity contribution is 0.168. The predicted octanol–water partition coefficient (Wildman–Crippen LogP) is 4.25. The van der Waals surface area contributed by atoms with Crippen molar-refractivity contribution in [2.75, 3.05) is 56.6 Å². The first-order valence-electron chi connectivity index (χ1n) is 11.3. The van der Waals surface area contributed by atoms with E-state index >= 15 is 0 Å². The highest BCUT2D eigenvalue weighted by Crippen LogP contribution is 2.27. The van der Waals surface area contributed by atoms with Crippen molar-refractivity contribution in [3.63, 3.8) is 0 Å². The van der Waals surface area contributed by atoms with Gasteiger partial charge < -0.3 is 31.2 Å². The van der Waals surface area contributed by atoms with E-state index in [0.717, 1.165) is 41.2 Å². The number of carbonyl (C=O) groups is 1. The number of rotatable bonds is 2. The molecule has 0 bridgehead atoms. The lowest BCUT2D eigenvalue weighted by Crippen LogP contribution is -2.51. The number of H-pyrrole nitrogens is 1. The Balaban J connectivity index is 0.000000860. The zero-order chi connectivity index (χ0) is 23.8. The van der Waals surface area contributed by atoms with Crippen LogP contribution in [0, 0.1) is 0 Å². The van der Waals surface area contributed by atoms with Crippen molar-refractivity contribution in [1.82, 2.24) is 19.8 Å². The van der Waals surface area contributed by atoms with Crippen molar-refractivity contribution in [3.8, 4) is 11.4 Å². The van der Waals surface area contributed by atoms with Crippen LogP contribution in [-0.4, -0.2) is 66.1 Å². The summed E-state index contributed by atoms with van der Waals surface area (Å²) < 4.78 is 0. The molecule has 1 aromatic heterocycles. The summed E-state index contributed by atoms with van der Waals surface area (Å²) in [6.45, 7) is 11.0. The molecule has 2 heterocycles. The summed E-state index contributed by atoms with van der Waals surface area (Å²) >= 11 is 0. The molecule has 4 rings (SSSR count). The molecule has 1 saturated heterocycles. The van der Waals surface area contributed by atoms with Crippen molar-refractivity contribution >= 4 is 34.1 Å². The molecule has 2 amide bonds. The number of aromatic nitrogens is 2. The van der Waals surface area contributed by atoms with E-state index in [9.17, 15) is 4.79 Å². The van der Waals surface area contributed by atoms with E-state index < -0.39 is 0 Å². The van der Waals surface area contributed by atoms with E-state index in [4.69, 9.17) is 11.5 Å². The van der Waals surface area contributed by atoms with Crippen LogP contribution in [0.2, 0.25) is 0 Å². The molecule has 0 atom stereocenters. The molecule has 1 fully saturated rings. The quantitative estimate of drug-likeness (QED) is 0.517. The Labute approximate surface area is 191 Å². The van der Waals surface area contributed by atoms with E-state index in [1.54, 1.807) is 25.1 Å². The summed E-state index contributed by atoms with van der Waals surface area (Å²) in [7, 11) is 3.57. The molecule has 0 saturated carbocycles. The monoisotopic (exact) mass is 439 g/mol. The van der Waals surface area contributed by atoms with Crippen LogP contribution in [0.4, 0.5) is 21.9 Å². The second kappa shape index (κ2) is 11.3. The highest BCUT2D eigenvalue weighted by molar-refractivity contribution is 5.84. The number of amides is 2. The third-order valence-electron chi connectivity index (χ3n) is 5.12. The smallest absolute Gasteiger partial charge is 0.319 e. The van der Waals surface area contributed by atoms with E-state index in [-0.39, 0.29) is 6.03 Å². The van der Waals surface area contributed by atoms with Gasteiger partial charge in [-0.1, -0.05) is 27.7 Å². The number of hydrogen-bond acceptors (Lipinski definition) is 5. The summed E-state index contributed by atoms with van der Waals surface area (Å²) in [5.41, 5.74) is 16.7. The molecule has 0 unspecified atom stereocenters. The average Bonchev–Trinajstić information content (AvgIpc) is 3.26. The molecule has 174 valence electrons. The highest BCUT2D eigenvalue weighted by atomic mass is 16.2. The van der Waals surface area contributed by atoms with Crippen molar-refractivity contribution in [3.05, 3.63) is 36.4 Å². The average molecular weight is 440 g/mol. The van der Waals surface area contributed by atoms with Crippen molar-refractivity contribution in [1.29, 1.82) is 0 Å². The van der Waals surface area contributed by atoms with Gasteiger partial charge in [0, 0.05) is 51.5 Å². The van der Waals surface area contributed by atoms with Gasteiger partial charge in [0.15, 0.2) is 0 Å². The van der Waals surface area contributed by atoms with Crippen LogP contribution in [0.1, 0.15) is 27.7 Å². The highest BCUT2D eigenvalue weighted by Gasteiger charge is 2.22. The van der Waals surface area contributed by atoms with Gasteiger partial charge in [0.25, 0.3) is 0 Å². The molecule has 3 aromatic rings. The van der Waals surface area contributed by atoms with Gasteiger partial charge in [-0.05, 0) is 36.4 Å². The summed E-state index contributed by atoms with van der Waals surface area (Å²) in [4.78, 5) is 25.9. The molecule has 2 aromatic carbocycles. The SMILES string of the molecule is CC.CC.CN(C)C(=O)N1CCN(c2ccc3nc(-c4ccc(N)c(N)c4)[nH]c3c2)CC1. The summed E-state index contributed by atoms with van der Waals surface area (Å²) in [5, 5.41) is 0. The zero-order valence-corrected chi connectivity index (χ0v) is 20.1. The van der Waals surface area contributed by atoms with Gasteiger partial charge >= 0.3 is 6.03 Å². The first-order valence-corrected chi connectivity index (χ1v) is 11.3. The fourth-order valence-electron chi connectivity index (χ4n) is 3.49. The minimum atomic E-state index is 0.0658. The fraction of sp³-hybridized carbons (Fsp3) is 0.417. The number of nitrogens with one attached hydrogen (secondary N) is 1. The minimum absolute atomic E-state index is 0.0658. The third-order valence-corrected chi connectivity index (χ3v) is 5.12. The van der Waals surface area contributed by atoms with Crippen molar-refractivity contribution in [2.45, 2.75) is 27.7 Å². The van der Waals surface area contributed by atoms with E-state index in [2.05, 4.69) is 27.0 Å². The Kier molecular flexibility index (Phi) is 8.75. The molecular weight excluding hydrogens is 402 g/mol. The number of nitrogen functional groups attached to an aromatic ring is 2. The predicted molar refractivity (Wildman–Crippen MR) is 136 cm³/mol. The number of imidazole rings is 1. The molecule has 0 radical (unpaired) electrons. The van der Waals surface area contributed by atoms with Gasteiger partial charge in [0.2, 0.25) is 0 Å². The Bertz CT molecular complexity index is 1020. The van der Waals surface area contributed by atoms with Crippen molar-refractivity contribution < 1.29 is 4.79 Å². The largest absolute Gasteiger partial charge is 0.397 e. The molecule has 1 aliphatic heterocycles. The lowest BCUT2D eigenvalue weighted by Gasteiger charge is -2.37. The maximum Gasteiger partial charge on any atom is 0.319 e. The lowest BCUT2D eigenvalue weighted by atomic mass is 10.1. The maximum absolute atomic E-state index is 12.1. The Morgan fingerprint density at radius 1 is 0.938 bits per heavy atom. The van der Waals surface area contributed by atoms with Crippen LogP contribution in [0.5, 0.6) is 0 Å². The number of piperazine rings is 1. The maximum atomic E-state index is 12.1. The van der Waals surface area contributed by atoms with Crippen LogP contribution in [0.3, 0.4) is 0 Å². The Morgan fingerprint density at radius 3 is 2.19 bits per heavy atom. The van der Waals surface area contributed by atoms with Gasteiger partial charge in [-0.2, -0.15) is 0 Å². The van der Waals surface area contributed by atoms with Gasteiger partial charge in [0.1, 0.15) is 5.82 Å². The summed E-state index contributed by atoms with van der Waals surface area (Å²) in [6, 6.07) is 11.8. The van der Waals surface area contributed by atoms with Crippen LogP contribution in [-0.2, 0) is 0 Å². The molecular formula is C24H37N7O. The number of carbonyl (C=O) groups excluding carboxylic acids is 1. The molecule has 8 heteroatoms. The van der Waals surface area contributed by atoms with Crippen LogP contribution in [0.15, 0.2) is 36.4 Å². The third kappa shape index (κ3) is 5.43. The van der Waals surface area contributed by atoms with Gasteiger partial charge in [-0.15, -0.1) is 0 Å². The van der Waals surface area contributed by atoms with Crippen LogP contribution < -0.4 is 16.4 Å². The summed E-state index contributed by atoms with van der Waals surface area (Å²) in [5.74, 6) is 0.764. The van der Waals surface area contributed by atoms with E-state index in [1.165, 1.54) is 0 Å². The molecule has 5 N–H and O–H groups in total. The number of benzene rings is 2. The minimum Gasteiger partial charge on any atom is -0.397 e. The molecule has 1 aliphatic rings. The molecule has 8 nitrogen and oxygen atoms in total. The number of hydrogen-bond donors (Lipinski definition) is 3. The second-order valence-corrected chi connectivity index (χ2v) is 7.28. The number of urea groups is 1. The standard InChI is InChI=1S/C20H25N7O.2C2H6/c1-25(2)20(28)27-9-7-26(8-10-27)14-4-6-17-18(12-14)24-19(23-17)13-3-5-15(21)16(22)11-13;2*1-2/h3-6,11-12H,7-10,21-22H2,1-2H3,(H,23,24);2*1-2H3. The summed E-state index contributed by atoms with van der Waals surface area (Å²) in [6.07, 6.45) is 0. The fourth-order valence-corrected chi connectivity index (χ4v) is 3.49. The van der Waals surface area contributed by atoms with Gasteiger partial charge in [-0.3, -0.25) is 0 Å². The van der Waals surface area contributed by atoms with Gasteiger partial charge in [0.05, 0.1) is 22.4 Å². The van der Waals surface area contributed by atoms with E-state index in [1.807, 2.05) is 50.8 Å². The molecule has 0 spiro atoms. The zero-order valence-electron chi connectivity index (χ0n) is 20.1. The molecule has 32 heavy (non-hydrogen) atoms. The first-order chi connectivity index (χ1) is 15.4. The number of nitrogens with zero attached hydrogens (tertiary/aromatic N) is 4. The van der Waals surface area contributed by atoms with Crippen LogP contribution >= 0.6 is 0 Å². The number of nitrogens with two attached hydrogens (primary N) is 2. The topological polar surface area (TPSA) is 108 Å². The first kappa shape index (κ1) is 24.8. The molecule has 0 aliphatic carbocycles. The van der Waals surface area contributed by atoms with Crippen molar-refractivity contribution in [2.24, 2.45) is 0 Å². The number of fused-ring (bicyclic) bond motifs is 1. The van der Waals surface area contributed by atoms with E-state index in [0.29, 0.717) is 24.5 Å². The second-order valence-electron chi connectivity index (χ2n) is 7.28. The number of anilines is 3. The Morgan fingerprint density at radius 2 is 1.59 bits per heavy atom. The number of aromatic amines is 1. The normalized spacial score (nSPS) is 13.1. The van der Waals surface area contributed by atoms with Gasteiger partial charge in [-0.25, -0.2) is 9.78 Å².